The van der Waals surface area contributed by atoms with Crippen LogP contribution in [0.5, 0.6) is 5.75 Å². The number of para-hydroxylation sites is 1. The van der Waals surface area contributed by atoms with Crippen LogP contribution in [0.3, 0.4) is 0 Å². The van der Waals surface area contributed by atoms with Crippen LogP contribution in [-0.4, -0.2) is 27.5 Å². The first kappa shape index (κ1) is 20.9. The van der Waals surface area contributed by atoms with E-state index in [1.54, 1.807) is 19.1 Å². The first-order valence-electron chi connectivity index (χ1n) is 9.74. The third-order valence-corrected chi connectivity index (χ3v) is 6.93. The number of rotatable bonds is 6. The van der Waals surface area contributed by atoms with Crippen LogP contribution in [0, 0.1) is 12.7 Å². The second-order valence-corrected chi connectivity index (χ2v) is 9.09. The molecule has 3 aromatic rings. The fraction of sp³-hybridized carbons (Fsp3) is 0.174. The van der Waals surface area contributed by atoms with Crippen molar-refractivity contribution in [3.63, 3.8) is 0 Å². The Morgan fingerprint density at radius 1 is 1.10 bits per heavy atom. The summed E-state index contributed by atoms with van der Waals surface area (Å²) in [5.41, 5.74) is 2.81. The molecule has 8 heteroatoms. The van der Waals surface area contributed by atoms with Crippen molar-refractivity contribution in [2.75, 3.05) is 22.8 Å². The quantitative estimate of drug-likeness (QED) is 0.631. The Hall–Kier alpha value is -3.39. The first-order valence-corrected chi connectivity index (χ1v) is 11.2. The normalized spacial score (nSPS) is 13.0. The Morgan fingerprint density at radius 3 is 2.61 bits per heavy atom. The number of sulfonamides is 1. The van der Waals surface area contributed by atoms with Crippen LogP contribution in [0.2, 0.25) is 0 Å². The molecule has 1 aliphatic heterocycles. The summed E-state index contributed by atoms with van der Waals surface area (Å²) < 4.78 is 46.3. The van der Waals surface area contributed by atoms with E-state index in [0.717, 1.165) is 11.1 Å². The van der Waals surface area contributed by atoms with E-state index < -0.39 is 21.7 Å². The molecule has 0 bridgehead atoms. The van der Waals surface area contributed by atoms with Crippen molar-refractivity contribution in [3.05, 3.63) is 83.7 Å². The molecular weight excluding hydrogens is 419 g/mol. The molecular formula is C23H21FN2O4S. The minimum Gasteiger partial charge on any atom is -0.484 e. The second kappa shape index (κ2) is 8.39. The molecule has 0 spiro atoms. The first-order chi connectivity index (χ1) is 14.8. The van der Waals surface area contributed by atoms with E-state index in [1.165, 1.54) is 40.7 Å². The molecule has 0 aromatic heterocycles. The van der Waals surface area contributed by atoms with Crippen LogP contribution >= 0.6 is 0 Å². The van der Waals surface area contributed by atoms with E-state index in [-0.39, 0.29) is 11.5 Å². The molecule has 0 saturated heterocycles. The zero-order valence-corrected chi connectivity index (χ0v) is 17.7. The van der Waals surface area contributed by atoms with Gasteiger partial charge in [-0.15, -0.1) is 0 Å². The number of halogens is 1. The van der Waals surface area contributed by atoms with E-state index in [9.17, 15) is 17.6 Å². The van der Waals surface area contributed by atoms with E-state index in [1.807, 2.05) is 18.2 Å². The van der Waals surface area contributed by atoms with Gasteiger partial charge in [0, 0.05) is 12.2 Å². The van der Waals surface area contributed by atoms with Crippen molar-refractivity contribution < 1.29 is 22.3 Å². The number of nitrogens with zero attached hydrogens (tertiary/aromatic N) is 1. The van der Waals surface area contributed by atoms with Crippen LogP contribution in [-0.2, 0) is 21.2 Å². The lowest BCUT2D eigenvalue weighted by Gasteiger charge is -2.19. The van der Waals surface area contributed by atoms with Crippen LogP contribution in [0.25, 0.3) is 0 Å². The SMILES string of the molecule is Cc1ccc(F)cc1NC(=O)COc1ccc(S(=O)(=O)N2CCc3ccccc32)cc1. The average molecular weight is 440 g/mol. The Kier molecular flexibility index (Phi) is 5.65. The number of aryl methyl sites for hydroxylation is 1. The maximum Gasteiger partial charge on any atom is 0.264 e. The summed E-state index contributed by atoms with van der Waals surface area (Å²) in [5.74, 6) is -0.537. The summed E-state index contributed by atoms with van der Waals surface area (Å²) in [6.07, 6.45) is 0.677. The number of anilines is 2. The maximum absolute atomic E-state index is 13.3. The number of carbonyl (C=O) groups excluding carboxylic acids is 1. The molecule has 3 aromatic carbocycles. The Balaban J connectivity index is 1.40. The highest BCUT2D eigenvalue weighted by Crippen LogP contribution is 2.33. The van der Waals surface area contributed by atoms with Gasteiger partial charge in [-0.2, -0.15) is 0 Å². The fourth-order valence-electron chi connectivity index (χ4n) is 3.46. The number of amides is 1. The molecule has 1 N–H and O–H groups in total. The van der Waals surface area contributed by atoms with Gasteiger partial charge in [0.2, 0.25) is 0 Å². The zero-order chi connectivity index (χ0) is 22.0. The summed E-state index contributed by atoms with van der Waals surface area (Å²) >= 11 is 0. The molecule has 0 radical (unpaired) electrons. The van der Waals surface area contributed by atoms with Gasteiger partial charge in [0.15, 0.2) is 6.61 Å². The van der Waals surface area contributed by atoms with Crippen molar-refractivity contribution in [2.45, 2.75) is 18.2 Å². The molecule has 4 rings (SSSR count). The monoisotopic (exact) mass is 440 g/mol. The van der Waals surface area contributed by atoms with Crippen molar-refractivity contribution in [1.29, 1.82) is 0 Å². The molecule has 0 atom stereocenters. The highest BCUT2D eigenvalue weighted by atomic mass is 32.2. The Labute approximate surface area is 180 Å². The molecule has 1 aliphatic rings. The third-order valence-electron chi connectivity index (χ3n) is 5.10. The Morgan fingerprint density at radius 2 is 1.84 bits per heavy atom. The van der Waals surface area contributed by atoms with Crippen molar-refractivity contribution in [2.24, 2.45) is 0 Å². The number of hydrogen-bond donors (Lipinski definition) is 1. The summed E-state index contributed by atoms with van der Waals surface area (Å²) in [6, 6.07) is 17.5. The van der Waals surface area contributed by atoms with Crippen LogP contribution in [0.15, 0.2) is 71.6 Å². The lowest BCUT2D eigenvalue weighted by atomic mass is 10.2. The largest absolute Gasteiger partial charge is 0.484 e. The molecule has 1 amide bonds. The summed E-state index contributed by atoms with van der Waals surface area (Å²) in [7, 11) is -3.69. The lowest BCUT2D eigenvalue weighted by molar-refractivity contribution is -0.118. The van der Waals surface area contributed by atoms with Gasteiger partial charge in [0.25, 0.3) is 15.9 Å². The number of hydrogen-bond acceptors (Lipinski definition) is 4. The lowest BCUT2D eigenvalue weighted by Crippen LogP contribution is -2.29. The molecule has 160 valence electrons. The van der Waals surface area contributed by atoms with Crippen molar-refractivity contribution >= 4 is 27.3 Å². The minimum atomic E-state index is -3.69. The van der Waals surface area contributed by atoms with Gasteiger partial charge in [-0.1, -0.05) is 24.3 Å². The molecule has 0 saturated carbocycles. The van der Waals surface area contributed by atoms with E-state index in [2.05, 4.69) is 5.32 Å². The Bertz CT molecular complexity index is 1230. The van der Waals surface area contributed by atoms with Crippen LogP contribution in [0.4, 0.5) is 15.8 Å². The highest BCUT2D eigenvalue weighted by molar-refractivity contribution is 7.92. The van der Waals surface area contributed by atoms with Crippen molar-refractivity contribution in [3.8, 4) is 5.75 Å². The number of ether oxygens (including phenoxy) is 1. The van der Waals surface area contributed by atoms with Gasteiger partial charge in [-0.25, -0.2) is 12.8 Å². The molecule has 0 unspecified atom stereocenters. The smallest absolute Gasteiger partial charge is 0.264 e. The minimum absolute atomic E-state index is 0.149. The summed E-state index contributed by atoms with van der Waals surface area (Å²) in [6.45, 7) is 1.87. The van der Waals surface area contributed by atoms with Crippen LogP contribution < -0.4 is 14.4 Å². The molecule has 0 aliphatic carbocycles. The number of carbonyl (C=O) groups is 1. The number of benzene rings is 3. The molecule has 6 nitrogen and oxygen atoms in total. The topological polar surface area (TPSA) is 75.7 Å². The van der Waals surface area contributed by atoms with Crippen LogP contribution in [0.1, 0.15) is 11.1 Å². The fourth-order valence-corrected chi connectivity index (χ4v) is 4.96. The van der Waals surface area contributed by atoms with E-state index >= 15 is 0 Å². The van der Waals surface area contributed by atoms with E-state index in [0.29, 0.717) is 30.1 Å². The van der Waals surface area contributed by atoms with Gasteiger partial charge >= 0.3 is 0 Å². The van der Waals surface area contributed by atoms with Gasteiger partial charge in [0.1, 0.15) is 11.6 Å². The van der Waals surface area contributed by atoms with Gasteiger partial charge in [0.05, 0.1) is 10.6 Å². The average Bonchev–Trinajstić information content (AvgIpc) is 3.20. The van der Waals surface area contributed by atoms with E-state index in [4.69, 9.17) is 4.74 Å². The number of fused-ring (bicyclic) bond motifs is 1. The molecule has 1 heterocycles. The summed E-state index contributed by atoms with van der Waals surface area (Å²) in [4.78, 5) is 12.3. The second-order valence-electron chi connectivity index (χ2n) is 7.22. The van der Waals surface area contributed by atoms with Crippen molar-refractivity contribution in [1.82, 2.24) is 0 Å². The van der Waals surface area contributed by atoms with Gasteiger partial charge in [-0.05, 0) is 66.9 Å². The predicted octanol–water partition coefficient (Wildman–Crippen LogP) is 3.90. The molecule has 31 heavy (non-hydrogen) atoms. The summed E-state index contributed by atoms with van der Waals surface area (Å²) in [5, 5.41) is 2.60. The standard InChI is InChI=1S/C23H21FN2O4S/c1-16-6-7-18(24)14-21(16)25-23(27)15-30-19-8-10-20(11-9-19)31(28,29)26-13-12-17-4-2-3-5-22(17)26/h2-11,14H,12-13,15H2,1H3,(H,25,27). The highest BCUT2D eigenvalue weighted by Gasteiger charge is 2.30. The third kappa shape index (κ3) is 4.39. The predicted molar refractivity (Wildman–Crippen MR) is 116 cm³/mol. The zero-order valence-electron chi connectivity index (χ0n) is 16.8. The maximum atomic E-state index is 13.3. The molecule has 0 fully saturated rings. The van der Waals surface area contributed by atoms with Gasteiger partial charge < -0.3 is 10.1 Å². The number of nitrogens with one attached hydrogen (secondary N) is 1. The van der Waals surface area contributed by atoms with Gasteiger partial charge in [-0.3, -0.25) is 9.10 Å².